The van der Waals surface area contributed by atoms with Crippen molar-refractivity contribution in [3.05, 3.63) is 107 Å². The number of nitrogens with zero attached hydrogens (tertiary/aromatic N) is 9. The van der Waals surface area contributed by atoms with Gasteiger partial charge in [0.1, 0.15) is 11.4 Å². The topological polar surface area (TPSA) is 311 Å². The third-order valence-electron chi connectivity index (χ3n) is 14.8. The Morgan fingerprint density at radius 1 is 0.518 bits per heavy atom. The molecule has 0 saturated heterocycles. The van der Waals surface area contributed by atoms with Crippen LogP contribution in [0.3, 0.4) is 0 Å². The number of Topliss-reactive ketones (excluding diaryl/α,β-unsaturated/α-hetero) is 2. The average molecular weight is 1220 g/mol. The minimum atomic E-state index is -0.459. The predicted octanol–water partition coefficient (Wildman–Crippen LogP) is 2.27. The van der Waals surface area contributed by atoms with Crippen LogP contribution in [0.1, 0.15) is 145 Å². The number of ketones is 2. The van der Waals surface area contributed by atoms with Gasteiger partial charge in [-0.3, -0.25) is 43.2 Å². The first kappa shape index (κ1) is 65.7. The molecule has 0 bridgehead atoms. The Morgan fingerprint density at radius 2 is 1.08 bits per heavy atom. The number of rotatable bonds is 26. The van der Waals surface area contributed by atoms with Crippen LogP contribution in [0.15, 0.2) is 61.6 Å². The summed E-state index contributed by atoms with van der Waals surface area (Å²) in [5.41, 5.74) is 3.27. The summed E-state index contributed by atoms with van der Waals surface area (Å²) in [4.78, 5) is 127. The molecular weight excluding hydrogens is 1130 g/mol. The van der Waals surface area contributed by atoms with Gasteiger partial charge in [-0.2, -0.15) is 0 Å². The van der Waals surface area contributed by atoms with Crippen LogP contribution >= 0.6 is 0 Å². The number of aryl methyl sites for hydroxylation is 6. The summed E-state index contributed by atoms with van der Waals surface area (Å²) in [5, 5.41) is 19.7. The summed E-state index contributed by atoms with van der Waals surface area (Å²) in [7, 11) is 14.4. The van der Waals surface area contributed by atoms with Crippen molar-refractivity contribution in [1.82, 2.24) is 63.6 Å². The molecule has 85 heavy (non-hydrogen) atoms. The molecule has 0 aliphatic heterocycles. The molecule has 2 aliphatic rings. The summed E-state index contributed by atoms with van der Waals surface area (Å²) in [6, 6.07) is 4.88. The first-order valence-corrected chi connectivity index (χ1v) is 28.5. The molecular formula is C58H80FeN17O9+. The van der Waals surface area contributed by atoms with Crippen molar-refractivity contribution in [1.29, 1.82) is 0 Å². The van der Waals surface area contributed by atoms with Crippen LogP contribution in [0.5, 0.6) is 0 Å². The molecule has 6 aromatic rings. The molecule has 6 aromatic heterocycles. The molecule has 8 rings (SSSR count). The molecule has 0 atom stereocenters. The van der Waals surface area contributed by atoms with Crippen molar-refractivity contribution in [2.75, 3.05) is 62.8 Å². The SMILES string of the molecule is Cn1cc(NC(=O)CCCNC(=O)C2CCCC2)cc1C(=O)Cc1cn(C)c(C(=O)Cc2cc(C(=O)NCCC[NH+](C)C)n(C)c2)n1.Cn1cc(NC(=O)c2nccn2C)cc1C(=O)Nc1cn(C)c(C(=O)NCCNC(=O)C2CCCC2)n1.[Fe]. The fraction of sp³-hybridized carbons (Fsp3) is 0.483. The molecule has 2 saturated carbocycles. The fourth-order valence-electron chi connectivity index (χ4n) is 10.3. The van der Waals surface area contributed by atoms with Gasteiger partial charge >= 0.3 is 0 Å². The minimum Gasteiger partial charge on any atom is -0.356 e. The maximum absolute atomic E-state index is 13.2. The fourth-order valence-corrected chi connectivity index (χ4v) is 10.3. The second kappa shape index (κ2) is 30.9. The summed E-state index contributed by atoms with van der Waals surface area (Å²) in [6.07, 6.45) is 21.2. The maximum atomic E-state index is 13.2. The van der Waals surface area contributed by atoms with Crippen molar-refractivity contribution >= 4 is 70.1 Å². The molecule has 458 valence electrons. The van der Waals surface area contributed by atoms with Gasteiger partial charge in [0, 0.05) is 160 Å². The molecule has 6 heterocycles. The molecule has 27 heteroatoms. The van der Waals surface area contributed by atoms with Gasteiger partial charge in [-0.15, -0.1) is 0 Å². The zero-order valence-electron chi connectivity index (χ0n) is 49.7. The van der Waals surface area contributed by atoms with E-state index in [-0.39, 0.29) is 119 Å². The number of amides is 7. The number of hydrogen-bond donors (Lipinski definition) is 8. The van der Waals surface area contributed by atoms with Crippen molar-refractivity contribution in [3.63, 3.8) is 0 Å². The van der Waals surface area contributed by atoms with Gasteiger partial charge in [-0.05, 0) is 55.9 Å². The number of quaternary nitrogens is 1. The number of anilines is 3. The van der Waals surface area contributed by atoms with Gasteiger partial charge in [0.25, 0.3) is 23.6 Å². The number of imidazole rings is 3. The Kier molecular flexibility index (Phi) is 23.9. The number of nitrogens with one attached hydrogen (secondary N) is 8. The smallest absolute Gasteiger partial charge is 0.291 e. The predicted molar refractivity (Wildman–Crippen MR) is 313 cm³/mol. The second-order valence-corrected chi connectivity index (χ2v) is 22.0. The van der Waals surface area contributed by atoms with Crippen LogP contribution in [0.4, 0.5) is 17.2 Å². The van der Waals surface area contributed by atoms with E-state index < -0.39 is 17.7 Å². The Morgan fingerprint density at radius 3 is 1.73 bits per heavy atom. The van der Waals surface area contributed by atoms with E-state index in [2.05, 4.69) is 66.3 Å². The van der Waals surface area contributed by atoms with Crippen molar-refractivity contribution in [2.24, 2.45) is 54.1 Å². The van der Waals surface area contributed by atoms with Crippen LogP contribution in [0.2, 0.25) is 0 Å². The van der Waals surface area contributed by atoms with Gasteiger partial charge in [-0.25, -0.2) is 15.0 Å². The largest absolute Gasteiger partial charge is 0.356 e. The van der Waals surface area contributed by atoms with Crippen LogP contribution in [0, 0.1) is 11.8 Å². The number of aromatic nitrogens is 9. The number of carbonyl (C=O) groups excluding carboxylic acids is 9. The monoisotopic (exact) mass is 1210 g/mol. The van der Waals surface area contributed by atoms with E-state index in [4.69, 9.17) is 0 Å². The van der Waals surface area contributed by atoms with Crippen LogP contribution in [-0.2, 0) is 86.6 Å². The van der Waals surface area contributed by atoms with Gasteiger partial charge in [0.2, 0.25) is 29.3 Å². The Balaban J connectivity index is 0.000000276. The zero-order valence-corrected chi connectivity index (χ0v) is 50.8. The van der Waals surface area contributed by atoms with Gasteiger partial charge < -0.3 is 69.5 Å². The van der Waals surface area contributed by atoms with E-state index in [9.17, 15) is 43.2 Å². The molecule has 2 aliphatic carbocycles. The summed E-state index contributed by atoms with van der Waals surface area (Å²) < 4.78 is 9.65. The Bertz CT molecular complexity index is 3350. The van der Waals surface area contributed by atoms with E-state index in [1.165, 1.54) is 27.9 Å². The molecule has 2 fully saturated rings. The third-order valence-corrected chi connectivity index (χ3v) is 14.8. The first-order chi connectivity index (χ1) is 40.1. The maximum Gasteiger partial charge on any atom is 0.291 e. The van der Waals surface area contributed by atoms with E-state index in [0.717, 1.165) is 64.3 Å². The summed E-state index contributed by atoms with van der Waals surface area (Å²) >= 11 is 0. The van der Waals surface area contributed by atoms with Crippen LogP contribution in [-0.4, -0.2) is 142 Å². The normalized spacial score (nSPS) is 13.1. The molecule has 8 N–H and O–H groups in total. The summed E-state index contributed by atoms with van der Waals surface area (Å²) in [6.45, 7) is 2.60. The van der Waals surface area contributed by atoms with Gasteiger partial charge in [0.05, 0.1) is 49.8 Å². The van der Waals surface area contributed by atoms with E-state index >= 15 is 0 Å². The standard InChI is InChI=1S/C34H48N8O5.C24H31N9O4.Fe/c1-39(2)15-9-14-36-34(47)28-16-23(20-40(28)3)17-30(44)32-38-26(22-42(32)5)19-29(43)27-18-25(21-41(27)4)37-31(45)12-8-13-35-33(46)24-10-6-7-11-24;1-31-11-10-25-19(31)24(37)28-16-12-17(32(2)13-16)22(35)30-18-14-33(3)20(29-18)23(36)27-9-8-26-21(34)15-6-4-5-7-15;/h16,18,20-22,24H,6-15,17,19H2,1-5H3,(H,35,46)(H,36,47)(H,37,45);10-15H,4-9H2,1-3H3,(H,26,34)(H,27,36)(H,28,37)(H,30,35);/p+1. The summed E-state index contributed by atoms with van der Waals surface area (Å²) in [5.74, 6) is -0.985. The zero-order chi connectivity index (χ0) is 60.6. The third kappa shape index (κ3) is 18.5. The van der Waals surface area contributed by atoms with Gasteiger partial charge in [-0.1, -0.05) is 25.7 Å². The van der Waals surface area contributed by atoms with Crippen molar-refractivity contribution < 1.29 is 65.1 Å². The quantitative estimate of drug-likeness (QED) is 0.0221. The molecule has 0 spiro atoms. The molecule has 0 unspecified atom stereocenters. The van der Waals surface area contributed by atoms with E-state index in [0.29, 0.717) is 60.1 Å². The van der Waals surface area contributed by atoms with E-state index in [1.807, 2.05) is 0 Å². The molecule has 0 aromatic carbocycles. The van der Waals surface area contributed by atoms with Crippen molar-refractivity contribution in [3.8, 4) is 0 Å². The molecule has 0 radical (unpaired) electrons. The van der Waals surface area contributed by atoms with Crippen LogP contribution < -0.4 is 42.1 Å². The van der Waals surface area contributed by atoms with Crippen LogP contribution in [0.25, 0.3) is 0 Å². The number of carbonyl (C=O) groups is 9. The van der Waals surface area contributed by atoms with Gasteiger partial charge in [0.15, 0.2) is 23.2 Å². The average Bonchev–Trinajstić information content (AvgIpc) is 4.46. The van der Waals surface area contributed by atoms with E-state index in [1.54, 1.807) is 108 Å². The Labute approximate surface area is 504 Å². The molecule has 26 nitrogen and oxygen atoms in total. The Hall–Kier alpha value is -8.42. The minimum absolute atomic E-state index is 0. The first-order valence-electron chi connectivity index (χ1n) is 28.5. The number of hydrogen-bond acceptors (Lipinski definition) is 12. The second-order valence-electron chi connectivity index (χ2n) is 22.0. The van der Waals surface area contributed by atoms with Crippen molar-refractivity contribution in [2.45, 2.75) is 83.5 Å². The molecule has 7 amide bonds.